The maximum absolute atomic E-state index is 12.5. The van der Waals surface area contributed by atoms with Gasteiger partial charge in [-0.25, -0.2) is 0 Å². The monoisotopic (exact) mass is 294 g/mol. The van der Waals surface area contributed by atoms with Crippen LogP contribution in [0.15, 0.2) is 41.3 Å². The molecule has 4 nitrogen and oxygen atoms in total. The molecule has 0 aliphatic carbocycles. The van der Waals surface area contributed by atoms with Gasteiger partial charge in [-0.05, 0) is 49.2 Å². The number of hydrogen-bond donors (Lipinski definition) is 0. The number of nitrogens with zero attached hydrogens (tertiary/aromatic N) is 2. The number of benzene rings is 1. The molecule has 1 unspecified atom stereocenters. The van der Waals surface area contributed by atoms with Crippen molar-refractivity contribution in [1.29, 1.82) is 5.26 Å². The molecular weight excluding hydrogens is 276 g/mol. The zero-order chi connectivity index (χ0) is 15.9. The van der Waals surface area contributed by atoms with Crippen molar-refractivity contribution in [2.24, 2.45) is 7.05 Å². The minimum absolute atomic E-state index is 0.0708. The van der Waals surface area contributed by atoms with Gasteiger partial charge in [0.1, 0.15) is 6.10 Å². The third-order valence-electron chi connectivity index (χ3n) is 4.05. The van der Waals surface area contributed by atoms with Crippen LogP contribution in [0.4, 0.5) is 0 Å². The highest BCUT2D eigenvalue weighted by Gasteiger charge is 2.35. The van der Waals surface area contributed by atoms with Crippen molar-refractivity contribution in [2.75, 3.05) is 0 Å². The molecule has 1 aromatic heterocycles. The van der Waals surface area contributed by atoms with Gasteiger partial charge in [-0.2, -0.15) is 5.26 Å². The number of rotatable bonds is 1. The molecule has 112 valence electrons. The number of aromatic nitrogens is 1. The molecule has 22 heavy (non-hydrogen) atoms. The fourth-order valence-electron chi connectivity index (χ4n) is 3.00. The summed E-state index contributed by atoms with van der Waals surface area (Å²) in [5, 5.41) is 9.14. The van der Waals surface area contributed by atoms with Gasteiger partial charge in [0.05, 0.1) is 22.8 Å². The summed E-state index contributed by atoms with van der Waals surface area (Å²) >= 11 is 0. The van der Waals surface area contributed by atoms with E-state index >= 15 is 0 Å². The van der Waals surface area contributed by atoms with E-state index in [0.717, 1.165) is 17.5 Å². The first-order valence-corrected chi connectivity index (χ1v) is 7.27. The number of hydrogen-bond acceptors (Lipinski definition) is 3. The zero-order valence-electron chi connectivity index (χ0n) is 13.0. The SMILES string of the molecule is Cn1cccc(C2OC(C)(C)Cc3ccc(C#N)cc32)c1=O. The molecule has 1 aromatic carbocycles. The minimum Gasteiger partial charge on any atom is -0.362 e. The van der Waals surface area contributed by atoms with Crippen LogP contribution in [-0.2, 0) is 18.2 Å². The van der Waals surface area contributed by atoms with E-state index in [1.54, 1.807) is 23.9 Å². The second kappa shape index (κ2) is 5.11. The van der Waals surface area contributed by atoms with Gasteiger partial charge in [0.15, 0.2) is 0 Å². The lowest BCUT2D eigenvalue weighted by Crippen LogP contribution is -2.37. The molecule has 1 aliphatic heterocycles. The molecule has 2 aromatic rings. The Hall–Kier alpha value is -2.38. The zero-order valence-corrected chi connectivity index (χ0v) is 13.0. The number of fused-ring (bicyclic) bond motifs is 1. The molecule has 4 heteroatoms. The van der Waals surface area contributed by atoms with E-state index in [2.05, 4.69) is 6.07 Å². The van der Waals surface area contributed by atoms with Crippen LogP contribution in [-0.4, -0.2) is 10.2 Å². The highest BCUT2D eigenvalue weighted by atomic mass is 16.5. The van der Waals surface area contributed by atoms with Crippen LogP contribution < -0.4 is 5.56 Å². The Balaban J connectivity index is 2.22. The maximum Gasteiger partial charge on any atom is 0.256 e. The summed E-state index contributed by atoms with van der Waals surface area (Å²) in [5.74, 6) is 0. The Labute approximate surface area is 129 Å². The van der Waals surface area contributed by atoms with Crippen LogP contribution in [0.5, 0.6) is 0 Å². The van der Waals surface area contributed by atoms with E-state index in [-0.39, 0.29) is 11.2 Å². The fourth-order valence-corrected chi connectivity index (χ4v) is 3.00. The summed E-state index contributed by atoms with van der Waals surface area (Å²) in [6, 6.07) is 11.4. The summed E-state index contributed by atoms with van der Waals surface area (Å²) in [6.45, 7) is 4.04. The quantitative estimate of drug-likeness (QED) is 0.812. The van der Waals surface area contributed by atoms with Crippen LogP contribution in [0, 0.1) is 11.3 Å². The molecule has 3 rings (SSSR count). The number of nitriles is 1. The van der Waals surface area contributed by atoms with E-state index in [1.807, 2.05) is 38.1 Å². The van der Waals surface area contributed by atoms with Gasteiger partial charge in [0, 0.05) is 19.7 Å². The summed E-state index contributed by atoms with van der Waals surface area (Å²) in [4.78, 5) is 12.5. The molecule has 2 heterocycles. The van der Waals surface area contributed by atoms with E-state index in [4.69, 9.17) is 10.00 Å². The lowest BCUT2D eigenvalue weighted by atomic mass is 9.85. The van der Waals surface area contributed by atoms with Crippen LogP contribution >= 0.6 is 0 Å². The molecule has 1 aliphatic rings. The first kappa shape index (κ1) is 14.6. The van der Waals surface area contributed by atoms with Crippen molar-refractivity contribution in [3.63, 3.8) is 0 Å². The van der Waals surface area contributed by atoms with Crippen LogP contribution in [0.3, 0.4) is 0 Å². The Morgan fingerprint density at radius 1 is 1.32 bits per heavy atom. The topological polar surface area (TPSA) is 55.0 Å². The van der Waals surface area contributed by atoms with E-state index in [1.165, 1.54) is 0 Å². The van der Waals surface area contributed by atoms with Gasteiger partial charge in [-0.1, -0.05) is 6.07 Å². The molecule has 0 N–H and O–H groups in total. The Kier molecular flexibility index (Phi) is 3.38. The van der Waals surface area contributed by atoms with Gasteiger partial charge in [0.25, 0.3) is 5.56 Å². The van der Waals surface area contributed by atoms with Gasteiger partial charge >= 0.3 is 0 Å². The van der Waals surface area contributed by atoms with Gasteiger partial charge in [0.2, 0.25) is 0 Å². The lowest BCUT2D eigenvalue weighted by molar-refractivity contribution is -0.0674. The molecule has 0 fully saturated rings. The van der Waals surface area contributed by atoms with Crippen LogP contribution in [0.1, 0.15) is 42.2 Å². The smallest absolute Gasteiger partial charge is 0.256 e. The molecule has 0 saturated carbocycles. The molecule has 0 bridgehead atoms. The van der Waals surface area contributed by atoms with Crippen molar-refractivity contribution in [3.8, 4) is 6.07 Å². The molecular formula is C18H18N2O2. The maximum atomic E-state index is 12.5. The highest BCUT2D eigenvalue weighted by Crippen LogP contribution is 2.38. The number of pyridine rings is 1. The largest absolute Gasteiger partial charge is 0.362 e. The second-order valence-corrected chi connectivity index (χ2v) is 6.34. The summed E-state index contributed by atoms with van der Waals surface area (Å²) < 4.78 is 7.75. The van der Waals surface area contributed by atoms with Crippen LogP contribution in [0.25, 0.3) is 0 Å². The Morgan fingerprint density at radius 3 is 2.82 bits per heavy atom. The predicted molar refractivity (Wildman–Crippen MR) is 83.6 cm³/mol. The van der Waals surface area contributed by atoms with Crippen molar-refractivity contribution in [1.82, 2.24) is 4.57 Å². The van der Waals surface area contributed by atoms with Crippen molar-refractivity contribution in [3.05, 3.63) is 69.1 Å². The molecule has 0 spiro atoms. The molecule has 1 atom stereocenters. The van der Waals surface area contributed by atoms with Crippen molar-refractivity contribution < 1.29 is 4.74 Å². The summed E-state index contributed by atoms with van der Waals surface area (Å²) in [6.07, 6.45) is 2.05. The van der Waals surface area contributed by atoms with E-state index < -0.39 is 6.10 Å². The number of ether oxygens (including phenoxy) is 1. The third kappa shape index (κ3) is 2.44. The summed E-state index contributed by atoms with van der Waals surface area (Å²) in [7, 11) is 1.73. The summed E-state index contributed by atoms with van der Waals surface area (Å²) in [5.41, 5.74) is 2.81. The first-order chi connectivity index (χ1) is 10.4. The van der Waals surface area contributed by atoms with Crippen molar-refractivity contribution >= 4 is 0 Å². The molecule has 0 amide bonds. The lowest BCUT2D eigenvalue weighted by Gasteiger charge is -2.37. The van der Waals surface area contributed by atoms with E-state index in [0.29, 0.717) is 11.1 Å². The normalized spacial score (nSPS) is 19.3. The van der Waals surface area contributed by atoms with Gasteiger partial charge in [-0.3, -0.25) is 4.79 Å². The van der Waals surface area contributed by atoms with Gasteiger partial charge < -0.3 is 9.30 Å². The average Bonchev–Trinajstić information content (AvgIpc) is 2.48. The fraction of sp³-hybridized carbons (Fsp3) is 0.333. The number of aryl methyl sites for hydroxylation is 1. The predicted octanol–water partition coefficient (Wildman–Crippen LogP) is 2.70. The van der Waals surface area contributed by atoms with Gasteiger partial charge in [-0.15, -0.1) is 0 Å². The highest BCUT2D eigenvalue weighted by molar-refractivity contribution is 5.44. The standard InChI is InChI=1S/C18H18N2O2/c1-18(2)10-13-7-6-12(11-19)9-15(13)16(22-18)14-5-4-8-20(3)17(14)21/h4-9,16H,10H2,1-3H3. The second-order valence-electron chi connectivity index (χ2n) is 6.34. The Bertz CT molecular complexity index is 828. The average molecular weight is 294 g/mol. The molecule has 0 radical (unpaired) electrons. The van der Waals surface area contributed by atoms with Crippen LogP contribution in [0.2, 0.25) is 0 Å². The molecule has 0 saturated heterocycles. The Morgan fingerprint density at radius 2 is 2.09 bits per heavy atom. The minimum atomic E-state index is -0.438. The third-order valence-corrected chi connectivity index (χ3v) is 4.05. The first-order valence-electron chi connectivity index (χ1n) is 7.27. The van der Waals surface area contributed by atoms with E-state index in [9.17, 15) is 4.79 Å². The van der Waals surface area contributed by atoms with Crippen molar-refractivity contribution in [2.45, 2.75) is 32.0 Å².